The van der Waals surface area contributed by atoms with Gasteiger partial charge in [-0.05, 0) is 12.1 Å². The largest absolute Gasteiger partial charge is 0.493 e. The van der Waals surface area contributed by atoms with Gasteiger partial charge in [-0.3, -0.25) is 9.59 Å². The summed E-state index contributed by atoms with van der Waals surface area (Å²) in [5.74, 6) is 0.757. The molecule has 1 aliphatic rings. The van der Waals surface area contributed by atoms with Crippen LogP contribution in [0.2, 0.25) is 0 Å². The third-order valence-corrected chi connectivity index (χ3v) is 4.51. The van der Waals surface area contributed by atoms with Crippen LogP contribution in [-0.2, 0) is 9.59 Å². The number of nitrogens with one attached hydrogen (secondary N) is 1. The van der Waals surface area contributed by atoms with Crippen molar-refractivity contribution in [3.05, 3.63) is 30.5 Å². The van der Waals surface area contributed by atoms with Gasteiger partial charge >= 0.3 is 0 Å². The number of benzene rings is 1. The van der Waals surface area contributed by atoms with Crippen molar-refractivity contribution < 1.29 is 23.8 Å². The molecule has 3 rings (SSSR count). The van der Waals surface area contributed by atoms with Gasteiger partial charge in [0.05, 0.1) is 44.8 Å². The fraction of sp³-hybridized carbons (Fsp3) is 0.316. The van der Waals surface area contributed by atoms with Gasteiger partial charge in [-0.1, -0.05) is 0 Å². The summed E-state index contributed by atoms with van der Waals surface area (Å²) in [6, 6.07) is 6.62. The van der Waals surface area contributed by atoms with Gasteiger partial charge in [-0.25, -0.2) is 4.98 Å². The molecule has 2 amide bonds. The summed E-state index contributed by atoms with van der Waals surface area (Å²) in [4.78, 5) is 30.6. The fourth-order valence-corrected chi connectivity index (χ4v) is 3.08. The van der Waals surface area contributed by atoms with Crippen LogP contribution < -0.4 is 30.2 Å². The van der Waals surface area contributed by atoms with E-state index >= 15 is 0 Å². The maximum absolute atomic E-state index is 12.6. The van der Waals surface area contributed by atoms with E-state index in [-0.39, 0.29) is 24.8 Å². The van der Waals surface area contributed by atoms with Gasteiger partial charge in [0.25, 0.3) is 0 Å². The highest BCUT2D eigenvalue weighted by Gasteiger charge is 2.36. The quantitative estimate of drug-likeness (QED) is 0.776. The number of pyridine rings is 1. The molecule has 1 aliphatic heterocycles. The van der Waals surface area contributed by atoms with Crippen molar-refractivity contribution >= 4 is 29.0 Å². The average Bonchev–Trinajstić information content (AvgIpc) is 3.10. The zero-order valence-electron chi connectivity index (χ0n) is 15.9. The maximum Gasteiger partial charge on any atom is 0.229 e. The molecular weight excluding hydrogens is 364 g/mol. The number of ether oxygens (including phenoxy) is 3. The number of nitrogens with zero attached hydrogens (tertiary/aromatic N) is 2. The van der Waals surface area contributed by atoms with Crippen LogP contribution >= 0.6 is 0 Å². The van der Waals surface area contributed by atoms with Crippen LogP contribution in [0.5, 0.6) is 17.2 Å². The van der Waals surface area contributed by atoms with Crippen molar-refractivity contribution in [1.29, 1.82) is 0 Å². The predicted octanol–water partition coefficient (Wildman–Crippen LogP) is 1.68. The number of hydrogen-bond acceptors (Lipinski definition) is 7. The highest BCUT2D eigenvalue weighted by atomic mass is 16.5. The molecule has 1 aromatic carbocycles. The number of aromatic nitrogens is 1. The van der Waals surface area contributed by atoms with Crippen molar-refractivity contribution in [3.63, 3.8) is 0 Å². The first kappa shape index (κ1) is 19.3. The molecule has 0 aliphatic carbocycles. The van der Waals surface area contributed by atoms with Gasteiger partial charge < -0.3 is 30.2 Å². The molecule has 0 bridgehead atoms. The van der Waals surface area contributed by atoms with E-state index in [4.69, 9.17) is 19.9 Å². The number of hydrogen-bond donors (Lipinski definition) is 2. The van der Waals surface area contributed by atoms with Gasteiger partial charge in [-0.2, -0.15) is 0 Å². The zero-order valence-corrected chi connectivity index (χ0v) is 15.9. The molecule has 2 heterocycles. The maximum atomic E-state index is 12.6. The standard InChI is InChI=1S/C19H22N4O5/c1-26-14-7-13(8-15(27-2)18(14)28-3)23-10-11(6-17(23)24)19(25)22-12-4-5-16(20)21-9-12/h4-5,7-9,11H,6,10H2,1-3H3,(H2,20,21)(H,22,25). The smallest absolute Gasteiger partial charge is 0.229 e. The summed E-state index contributed by atoms with van der Waals surface area (Å²) in [5.41, 5.74) is 6.64. The summed E-state index contributed by atoms with van der Waals surface area (Å²) in [6.07, 6.45) is 1.58. The first-order valence-corrected chi connectivity index (χ1v) is 8.59. The predicted molar refractivity (Wildman–Crippen MR) is 104 cm³/mol. The first-order valence-electron chi connectivity index (χ1n) is 8.59. The van der Waals surface area contributed by atoms with Gasteiger partial charge in [0.1, 0.15) is 5.82 Å². The van der Waals surface area contributed by atoms with Crippen LogP contribution in [0.15, 0.2) is 30.5 Å². The molecule has 9 heteroatoms. The minimum absolute atomic E-state index is 0.102. The summed E-state index contributed by atoms with van der Waals surface area (Å²) in [6.45, 7) is 0.242. The van der Waals surface area contributed by atoms with Crippen molar-refractivity contribution in [3.8, 4) is 17.2 Å². The lowest BCUT2D eigenvalue weighted by Crippen LogP contribution is -2.28. The molecule has 28 heavy (non-hydrogen) atoms. The molecule has 0 radical (unpaired) electrons. The van der Waals surface area contributed by atoms with Crippen LogP contribution in [0.1, 0.15) is 6.42 Å². The van der Waals surface area contributed by atoms with Crippen LogP contribution in [0.25, 0.3) is 0 Å². The first-order chi connectivity index (χ1) is 13.5. The number of amides is 2. The van der Waals surface area contributed by atoms with E-state index in [0.717, 1.165) is 0 Å². The minimum Gasteiger partial charge on any atom is -0.493 e. The lowest BCUT2D eigenvalue weighted by Gasteiger charge is -2.20. The molecular formula is C19H22N4O5. The normalized spacial score (nSPS) is 16.0. The van der Waals surface area contributed by atoms with Crippen molar-refractivity contribution in [1.82, 2.24) is 4.98 Å². The Morgan fingerprint density at radius 1 is 1.18 bits per heavy atom. The second-order valence-electron chi connectivity index (χ2n) is 6.25. The molecule has 1 saturated heterocycles. The summed E-state index contributed by atoms with van der Waals surface area (Å²) < 4.78 is 16.0. The Hall–Kier alpha value is -3.49. The van der Waals surface area contributed by atoms with Gasteiger partial charge in [0.15, 0.2) is 11.5 Å². The highest BCUT2D eigenvalue weighted by molar-refractivity contribution is 6.03. The third kappa shape index (κ3) is 3.78. The zero-order chi connectivity index (χ0) is 20.3. The van der Waals surface area contributed by atoms with E-state index in [9.17, 15) is 9.59 Å². The molecule has 3 N–H and O–H groups in total. The number of rotatable bonds is 6. The van der Waals surface area contributed by atoms with E-state index in [1.807, 2.05) is 0 Å². The SMILES string of the molecule is COc1cc(N2CC(C(=O)Nc3ccc(N)nc3)CC2=O)cc(OC)c1OC. The molecule has 1 unspecified atom stereocenters. The number of nitrogen functional groups attached to an aromatic ring is 1. The Morgan fingerprint density at radius 3 is 2.39 bits per heavy atom. The Balaban J connectivity index is 1.79. The third-order valence-electron chi connectivity index (χ3n) is 4.51. The van der Waals surface area contributed by atoms with Crippen LogP contribution in [0.4, 0.5) is 17.2 Å². The van der Waals surface area contributed by atoms with E-state index in [1.165, 1.54) is 32.4 Å². The molecule has 0 spiro atoms. The molecule has 1 aromatic heterocycles. The molecule has 9 nitrogen and oxygen atoms in total. The highest BCUT2D eigenvalue weighted by Crippen LogP contribution is 2.42. The Morgan fingerprint density at radius 2 is 1.86 bits per heavy atom. The molecule has 0 saturated carbocycles. The summed E-state index contributed by atoms with van der Waals surface area (Å²) in [7, 11) is 4.51. The topological polar surface area (TPSA) is 116 Å². The molecule has 2 aromatic rings. The van der Waals surface area contributed by atoms with E-state index < -0.39 is 5.92 Å². The number of nitrogens with two attached hydrogens (primary N) is 1. The van der Waals surface area contributed by atoms with Crippen molar-refractivity contribution in [2.45, 2.75) is 6.42 Å². The Labute approximate surface area is 162 Å². The van der Waals surface area contributed by atoms with Crippen molar-refractivity contribution in [2.75, 3.05) is 43.8 Å². The minimum atomic E-state index is -0.496. The summed E-state index contributed by atoms with van der Waals surface area (Å²) in [5, 5.41) is 2.76. The molecule has 1 fully saturated rings. The molecule has 1 atom stereocenters. The summed E-state index contributed by atoms with van der Waals surface area (Å²) >= 11 is 0. The monoisotopic (exact) mass is 386 g/mol. The number of carbonyl (C=O) groups is 2. The fourth-order valence-electron chi connectivity index (χ4n) is 3.08. The van der Waals surface area contributed by atoms with Crippen LogP contribution in [-0.4, -0.2) is 44.7 Å². The van der Waals surface area contributed by atoms with E-state index in [1.54, 1.807) is 24.3 Å². The van der Waals surface area contributed by atoms with E-state index in [2.05, 4.69) is 10.3 Å². The van der Waals surface area contributed by atoms with Crippen LogP contribution in [0.3, 0.4) is 0 Å². The van der Waals surface area contributed by atoms with Gasteiger partial charge in [0, 0.05) is 25.1 Å². The Kier molecular flexibility index (Phi) is 5.53. The molecule has 148 valence electrons. The number of anilines is 3. The van der Waals surface area contributed by atoms with E-state index in [0.29, 0.717) is 34.4 Å². The van der Waals surface area contributed by atoms with Gasteiger partial charge in [0.2, 0.25) is 17.6 Å². The lowest BCUT2D eigenvalue weighted by molar-refractivity contribution is -0.122. The van der Waals surface area contributed by atoms with Gasteiger partial charge in [-0.15, -0.1) is 0 Å². The second kappa shape index (κ2) is 8.03. The Bertz CT molecular complexity index is 859. The second-order valence-corrected chi connectivity index (χ2v) is 6.25. The number of methoxy groups -OCH3 is 3. The van der Waals surface area contributed by atoms with Crippen LogP contribution in [0, 0.1) is 5.92 Å². The lowest BCUT2D eigenvalue weighted by atomic mass is 10.1. The average molecular weight is 386 g/mol. The number of carbonyl (C=O) groups excluding carboxylic acids is 2. The van der Waals surface area contributed by atoms with Crippen molar-refractivity contribution in [2.24, 2.45) is 5.92 Å².